The first-order valence-corrected chi connectivity index (χ1v) is 9.83. The minimum Gasteiger partial charge on any atom is -0.0748 e. The Morgan fingerprint density at radius 1 is 1.14 bits per heavy atom. The van der Waals surface area contributed by atoms with E-state index >= 15 is 0 Å². The normalized spacial score (nSPS) is 41.6. The summed E-state index contributed by atoms with van der Waals surface area (Å²) in [6, 6.07) is 9.27. The van der Waals surface area contributed by atoms with Crippen LogP contribution in [0.5, 0.6) is 0 Å². The van der Waals surface area contributed by atoms with Crippen molar-refractivity contribution in [3.8, 4) is 0 Å². The molecule has 0 nitrogen and oxygen atoms in total. The van der Waals surface area contributed by atoms with Gasteiger partial charge in [-0.05, 0) is 82.8 Å². The molecule has 2 fully saturated rings. The average molecular weight is 392 g/mol. The van der Waals surface area contributed by atoms with Crippen LogP contribution in [0.2, 0.25) is 0 Å². The molecular weight excluding hydrogens is 367 g/mol. The summed E-state index contributed by atoms with van der Waals surface area (Å²) >= 11 is 2.40. The molecule has 0 spiro atoms. The van der Waals surface area contributed by atoms with Gasteiger partial charge in [-0.3, -0.25) is 0 Å². The number of benzene rings is 1. The lowest BCUT2D eigenvalue weighted by Crippen LogP contribution is -2.41. The van der Waals surface area contributed by atoms with E-state index in [9.17, 15) is 0 Å². The summed E-state index contributed by atoms with van der Waals surface area (Å²) < 4.78 is 2.26. The molecular formula is C20H25I. The van der Waals surface area contributed by atoms with Crippen LogP contribution in [-0.2, 0) is 6.42 Å². The summed E-state index contributed by atoms with van der Waals surface area (Å²) in [7, 11) is 0. The molecule has 0 aromatic heterocycles. The van der Waals surface area contributed by atoms with E-state index in [0.29, 0.717) is 5.41 Å². The fourth-order valence-corrected chi connectivity index (χ4v) is 6.47. The predicted molar refractivity (Wildman–Crippen MR) is 97.7 cm³/mol. The zero-order valence-corrected chi connectivity index (χ0v) is 15.1. The molecule has 4 rings (SSSR count). The molecule has 2 saturated carbocycles. The van der Waals surface area contributed by atoms with Crippen molar-refractivity contribution >= 4 is 22.6 Å². The van der Waals surface area contributed by atoms with E-state index in [0.717, 1.165) is 23.7 Å². The molecule has 112 valence electrons. The lowest BCUT2D eigenvalue weighted by atomic mass is 9.54. The Hall–Kier alpha value is -0.310. The fourth-order valence-electron chi connectivity index (χ4n) is 5.97. The van der Waals surface area contributed by atoms with Crippen molar-refractivity contribution in [1.29, 1.82) is 0 Å². The number of allylic oxidation sites excluding steroid dienone is 1. The lowest BCUT2D eigenvalue weighted by molar-refractivity contribution is 0.0410. The molecule has 1 heteroatoms. The van der Waals surface area contributed by atoms with Gasteiger partial charge >= 0.3 is 0 Å². The van der Waals surface area contributed by atoms with Gasteiger partial charge in [-0.25, -0.2) is 0 Å². The number of aryl methyl sites for hydroxylation is 1. The zero-order chi connectivity index (χ0) is 14.4. The van der Waals surface area contributed by atoms with Crippen LogP contribution in [0.25, 0.3) is 0 Å². The molecule has 0 heterocycles. The van der Waals surface area contributed by atoms with Gasteiger partial charge in [0.2, 0.25) is 0 Å². The highest BCUT2D eigenvalue weighted by Crippen LogP contribution is 2.63. The molecule has 0 radical (unpaired) electrons. The molecule has 1 aromatic rings. The topological polar surface area (TPSA) is 0 Å². The van der Waals surface area contributed by atoms with Crippen LogP contribution in [0.3, 0.4) is 0 Å². The maximum Gasteiger partial charge on any atom is -0.0128 e. The van der Waals surface area contributed by atoms with E-state index in [1.54, 1.807) is 11.1 Å². The minimum atomic E-state index is 0.578. The fraction of sp³-hybridized carbons (Fsp3) is 0.600. The first kappa shape index (κ1) is 14.3. The Morgan fingerprint density at radius 3 is 2.86 bits per heavy atom. The van der Waals surface area contributed by atoms with Gasteiger partial charge in [-0.15, -0.1) is 0 Å². The van der Waals surface area contributed by atoms with E-state index < -0.39 is 0 Å². The summed E-state index contributed by atoms with van der Waals surface area (Å²) in [6.45, 7) is 2.60. The maximum atomic E-state index is 2.60. The van der Waals surface area contributed by atoms with Crippen LogP contribution in [0.1, 0.15) is 56.1 Å². The highest BCUT2D eigenvalue weighted by molar-refractivity contribution is 14.1. The molecule has 0 unspecified atom stereocenters. The van der Waals surface area contributed by atoms with Crippen LogP contribution in [0, 0.1) is 23.2 Å². The summed E-state index contributed by atoms with van der Waals surface area (Å²) in [5.41, 5.74) is 3.92. The van der Waals surface area contributed by atoms with E-state index in [1.807, 2.05) is 0 Å². The number of fused-ring (bicyclic) bond motifs is 5. The second-order valence-electron chi connectivity index (χ2n) is 7.66. The van der Waals surface area contributed by atoms with Crippen molar-refractivity contribution in [1.82, 2.24) is 0 Å². The van der Waals surface area contributed by atoms with E-state index in [2.05, 4.69) is 63.9 Å². The predicted octanol–water partition coefficient (Wildman–Crippen LogP) is 6.11. The van der Waals surface area contributed by atoms with E-state index in [4.69, 9.17) is 0 Å². The molecule has 0 N–H and O–H groups in total. The summed E-state index contributed by atoms with van der Waals surface area (Å²) in [4.78, 5) is 0. The van der Waals surface area contributed by atoms with Crippen LogP contribution in [0.15, 0.2) is 34.4 Å². The molecule has 1 aromatic carbocycles. The van der Waals surface area contributed by atoms with Crippen LogP contribution in [-0.4, -0.2) is 0 Å². The standard InChI is InChI=1S/C20H25I/c1-20-12-10-17-16-5-3-2-4-14(16)6-8-18(17)19(20)9-7-15(20)11-13-21/h2-5,11,13,15,17-19H,6-10,12H2,1H3/b13-11+/t15-,17+,18+,19-,20+/m0/s1. The van der Waals surface area contributed by atoms with Gasteiger partial charge in [-0.1, -0.05) is 59.9 Å². The number of hydrogen-bond donors (Lipinski definition) is 0. The van der Waals surface area contributed by atoms with Crippen LogP contribution >= 0.6 is 22.6 Å². The third-order valence-corrected chi connectivity index (χ3v) is 7.43. The van der Waals surface area contributed by atoms with Crippen molar-refractivity contribution in [2.45, 2.75) is 51.4 Å². The summed E-state index contributed by atoms with van der Waals surface area (Å²) in [5, 5.41) is 0. The van der Waals surface area contributed by atoms with Crippen molar-refractivity contribution in [2.24, 2.45) is 23.2 Å². The van der Waals surface area contributed by atoms with Crippen molar-refractivity contribution in [2.75, 3.05) is 0 Å². The van der Waals surface area contributed by atoms with Gasteiger partial charge in [0.25, 0.3) is 0 Å². The smallest absolute Gasteiger partial charge is 0.0128 e. The van der Waals surface area contributed by atoms with Gasteiger partial charge in [0.15, 0.2) is 0 Å². The quantitative estimate of drug-likeness (QED) is 0.506. The van der Waals surface area contributed by atoms with Gasteiger partial charge in [0.05, 0.1) is 0 Å². The molecule has 5 atom stereocenters. The molecule has 0 amide bonds. The first-order chi connectivity index (χ1) is 10.2. The molecule has 0 bridgehead atoms. The first-order valence-electron chi connectivity index (χ1n) is 8.59. The number of halogens is 1. The maximum absolute atomic E-state index is 2.60. The third-order valence-electron chi connectivity index (χ3n) is 7.02. The monoisotopic (exact) mass is 392 g/mol. The Morgan fingerprint density at radius 2 is 2.00 bits per heavy atom. The van der Waals surface area contributed by atoms with Crippen molar-refractivity contribution in [3.63, 3.8) is 0 Å². The Kier molecular flexibility index (Phi) is 3.68. The summed E-state index contributed by atoms with van der Waals surface area (Å²) in [5.74, 6) is 3.60. The molecule has 0 saturated heterocycles. The summed E-state index contributed by atoms with van der Waals surface area (Å²) in [6.07, 6.45) is 11.0. The Balaban J connectivity index is 1.67. The highest BCUT2D eigenvalue weighted by atomic mass is 127. The average Bonchev–Trinajstić information content (AvgIpc) is 2.84. The largest absolute Gasteiger partial charge is 0.0748 e. The number of rotatable bonds is 1. The molecule has 21 heavy (non-hydrogen) atoms. The van der Waals surface area contributed by atoms with Crippen LogP contribution in [0.4, 0.5) is 0 Å². The second kappa shape index (κ2) is 5.40. The van der Waals surface area contributed by atoms with E-state index in [-0.39, 0.29) is 0 Å². The highest BCUT2D eigenvalue weighted by Gasteiger charge is 2.53. The minimum absolute atomic E-state index is 0.578. The number of hydrogen-bond acceptors (Lipinski definition) is 0. The molecule has 0 aliphatic heterocycles. The SMILES string of the molecule is C[C@]12CC[C@@H]3c4ccccc4CC[C@H]3[C@@H]1CC[C@H]2/C=C/I. The van der Waals surface area contributed by atoms with Crippen molar-refractivity contribution in [3.05, 3.63) is 45.6 Å². The van der Waals surface area contributed by atoms with Gasteiger partial charge < -0.3 is 0 Å². The van der Waals surface area contributed by atoms with Gasteiger partial charge in [0, 0.05) is 0 Å². The Bertz CT molecular complexity index is 561. The van der Waals surface area contributed by atoms with E-state index in [1.165, 1.54) is 38.5 Å². The lowest BCUT2D eigenvalue weighted by Gasteiger charge is -2.50. The third kappa shape index (κ3) is 2.14. The van der Waals surface area contributed by atoms with Crippen molar-refractivity contribution < 1.29 is 0 Å². The van der Waals surface area contributed by atoms with Crippen LogP contribution < -0.4 is 0 Å². The van der Waals surface area contributed by atoms with Gasteiger partial charge in [-0.2, -0.15) is 0 Å². The van der Waals surface area contributed by atoms with Gasteiger partial charge in [0.1, 0.15) is 0 Å². The molecule has 3 aliphatic carbocycles. The molecule has 3 aliphatic rings. The second-order valence-corrected chi connectivity index (χ2v) is 8.38. The Labute approximate surface area is 142 Å². The zero-order valence-electron chi connectivity index (χ0n) is 12.9.